The lowest BCUT2D eigenvalue weighted by Gasteiger charge is -2.36. The number of nitrogens with zero attached hydrogens (tertiary/aromatic N) is 2. The Morgan fingerprint density at radius 3 is 2.24 bits per heavy atom. The lowest BCUT2D eigenvalue weighted by Crippen LogP contribution is -2.52. The number of rotatable bonds is 6. The molecule has 0 spiro atoms. The third-order valence-corrected chi connectivity index (χ3v) is 5.90. The quantitative estimate of drug-likeness (QED) is 0.765. The summed E-state index contributed by atoms with van der Waals surface area (Å²) in [5.74, 6) is -0.709. The molecule has 2 amide bonds. The van der Waals surface area contributed by atoms with Gasteiger partial charge in [0.05, 0.1) is 0 Å². The minimum atomic E-state index is -0.952. The number of hydrogen-bond acceptors (Lipinski definition) is 3. The van der Waals surface area contributed by atoms with Gasteiger partial charge in [-0.3, -0.25) is 14.5 Å². The van der Waals surface area contributed by atoms with E-state index in [0.717, 1.165) is 19.6 Å². The fraction of sp³-hybridized carbons (Fsp3) is 0.391. The number of benzene rings is 2. The average Bonchev–Trinajstić information content (AvgIpc) is 3.56. The molecule has 0 atom stereocenters. The van der Waals surface area contributed by atoms with Crippen molar-refractivity contribution in [2.24, 2.45) is 5.41 Å². The van der Waals surface area contributed by atoms with Crippen molar-refractivity contribution in [3.8, 4) is 0 Å². The van der Waals surface area contributed by atoms with Gasteiger partial charge in [0, 0.05) is 44.8 Å². The first-order chi connectivity index (χ1) is 14.1. The molecule has 1 heterocycles. The van der Waals surface area contributed by atoms with Gasteiger partial charge in [0.15, 0.2) is 0 Å². The highest BCUT2D eigenvalue weighted by Gasteiger charge is 2.58. The van der Waals surface area contributed by atoms with Crippen LogP contribution in [0.1, 0.15) is 24.0 Å². The Bertz CT molecular complexity index is 875. The summed E-state index contributed by atoms with van der Waals surface area (Å²) in [4.78, 5) is 29.9. The van der Waals surface area contributed by atoms with Gasteiger partial charge < -0.3 is 10.2 Å². The number of carbonyl (C=O) groups is 2. The van der Waals surface area contributed by atoms with Gasteiger partial charge in [0.25, 0.3) is 0 Å². The number of carbonyl (C=O) groups excluding carboxylic acids is 2. The maximum atomic E-state index is 13.8. The summed E-state index contributed by atoms with van der Waals surface area (Å²) in [6.45, 7) is 3.84. The highest BCUT2D eigenvalue weighted by Crippen LogP contribution is 2.47. The third kappa shape index (κ3) is 4.32. The van der Waals surface area contributed by atoms with Crippen LogP contribution in [0.4, 0.5) is 4.39 Å². The fourth-order valence-electron chi connectivity index (χ4n) is 3.90. The molecule has 0 radical (unpaired) electrons. The minimum Gasteiger partial charge on any atom is -0.351 e. The predicted molar refractivity (Wildman–Crippen MR) is 108 cm³/mol. The van der Waals surface area contributed by atoms with Crippen LogP contribution in [0.25, 0.3) is 0 Å². The van der Waals surface area contributed by atoms with Crippen molar-refractivity contribution in [3.05, 3.63) is 71.5 Å². The molecular weight excluding hydrogens is 369 g/mol. The van der Waals surface area contributed by atoms with Crippen LogP contribution < -0.4 is 5.32 Å². The molecule has 29 heavy (non-hydrogen) atoms. The molecule has 2 aromatic carbocycles. The molecule has 0 aromatic heterocycles. The van der Waals surface area contributed by atoms with Crippen LogP contribution in [0.2, 0.25) is 0 Å². The van der Waals surface area contributed by atoms with Crippen molar-refractivity contribution < 1.29 is 14.0 Å². The molecule has 2 aliphatic rings. The van der Waals surface area contributed by atoms with E-state index >= 15 is 0 Å². The Labute approximate surface area is 170 Å². The second-order valence-corrected chi connectivity index (χ2v) is 7.91. The van der Waals surface area contributed by atoms with Crippen molar-refractivity contribution >= 4 is 11.8 Å². The number of nitrogens with one attached hydrogen (secondary N) is 1. The molecule has 1 N–H and O–H groups in total. The summed E-state index contributed by atoms with van der Waals surface area (Å²) in [5, 5.41) is 2.77. The van der Waals surface area contributed by atoms with E-state index in [1.165, 1.54) is 11.6 Å². The molecule has 1 aliphatic carbocycles. The van der Waals surface area contributed by atoms with Crippen LogP contribution in [0.5, 0.6) is 0 Å². The summed E-state index contributed by atoms with van der Waals surface area (Å²) in [7, 11) is 0. The number of piperazine rings is 1. The zero-order valence-electron chi connectivity index (χ0n) is 16.4. The van der Waals surface area contributed by atoms with Crippen molar-refractivity contribution in [2.75, 3.05) is 26.2 Å². The van der Waals surface area contributed by atoms with E-state index in [4.69, 9.17) is 0 Å². The molecule has 0 bridgehead atoms. The molecule has 2 aromatic rings. The van der Waals surface area contributed by atoms with Gasteiger partial charge in [-0.25, -0.2) is 4.39 Å². The Kier molecular flexibility index (Phi) is 5.62. The molecule has 4 rings (SSSR count). The Morgan fingerprint density at radius 1 is 0.931 bits per heavy atom. The Hall–Kier alpha value is -2.73. The lowest BCUT2D eigenvalue weighted by atomic mass is 10.0. The largest absolute Gasteiger partial charge is 0.351 e. The van der Waals surface area contributed by atoms with Gasteiger partial charge in [-0.05, 0) is 24.5 Å². The third-order valence-electron chi connectivity index (χ3n) is 5.90. The van der Waals surface area contributed by atoms with Gasteiger partial charge in [0.1, 0.15) is 11.2 Å². The van der Waals surface area contributed by atoms with Crippen molar-refractivity contribution in [1.82, 2.24) is 15.1 Å². The predicted octanol–water partition coefficient (Wildman–Crippen LogP) is 2.57. The zero-order valence-corrected chi connectivity index (χ0v) is 16.4. The van der Waals surface area contributed by atoms with E-state index in [0.29, 0.717) is 31.5 Å². The first-order valence-corrected chi connectivity index (χ1v) is 10.2. The van der Waals surface area contributed by atoms with Crippen LogP contribution in [0.3, 0.4) is 0 Å². The maximum Gasteiger partial charge on any atom is 0.238 e. The summed E-state index contributed by atoms with van der Waals surface area (Å²) in [5.41, 5.74) is 0.740. The Balaban J connectivity index is 1.30. The highest BCUT2D eigenvalue weighted by molar-refractivity contribution is 6.07. The van der Waals surface area contributed by atoms with Crippen LogP contribution in [0, 0.1) is 11.2 Å². The summed E-state index contributed by atoms with van der Waals surface area (Å²) < 4.78 is 13.8. The SMILES string of the molecule is O=C(NCc1ccccc1F)C1(C(=O)N2CCN(Cc3ccccc3)CC2)CC1. The average molecular weight is 395 g/mol. The van der Waals surface area contributed by atoms with Gasteiger partial charge in [-0.15, -0.1) is 0 Å². The van der Waals surface area contributed by atoms with Crippen LogP contribution in [0.15, 0.2) is 54.6 Å². The molecular formula is C23H26FN3O2. The normalized spacial score (nSPS) is 18.3. The van der Waals surface area contributed by atoms with E-state index in [-0.39, 0.29) is 24.2 Å². The van der Waals surface area contributed by atoms with E-state index in [1.807, 2.05) is 23.1 Å². The van der Waals surface area contributed by atoms with Crippen molar-refractivity contribution in [2.45, 2.75) is 25.9 Å². The summed E-state index contributed by atoms with van der Waals surface area (Å²) in [6, 6.07) is 16.6. The summed E-state index contributed by atoms with van der Waals surface area (Å²) in [6.07, 6.45) is 1.14. The Morgan fingerprint density at radius 2 is 1.59 bits per heavy atom. The highest BCUT2D eigenvalue weighted by atomic mass is 19.1. The molecule has 1 aliphatic heterocycles. The molecule has 1 saturated heterocycles. The first kappa shape index (κ1) is 19.6. The molecule has 5 nitrogen and oxygen atoms in total. The van der Waals surface area contributed by atoms with E-state index in [1.54, 1.807) is 18.2 Å². The molecule has 0 unspecified atom stereocenters. The maximum absolute atomic E-state index is 13.8. The second-order valence-electron chi connectivity index (χ2n) is 7.91. The number of hydrogen-bond donors (Lipinski definition) is 1. The fourth-order valence-corrected chi connectivity index (χ4v) is 3.90. The lowest BCUT2D eigenvalue weighted by molar-refractivity contribution is -0.145. The van der Waals surface area contributed by atoms with Crippen LogP contribution in [-0.2, 0) is 22.7 Å². The van der Waals surface area contributed by atoms with Crippen LogP contribution in [-0.4, -0.2) is 47.8 Å². The van der Waals surface area contributed by atoms with E-state index in [2.05, 4.69) is 22.3 Å². The number of amides is 2. The van der Waals surface area contributed by atoms with Crippen molar-refractivity contribution in [1.29, 1.82) is 0 Å². The molecule has 6 heteroatoms. The molecule has 2 fully saturated rings. The molecule has 152 valence electrons. The van der Waals surface area contributed by atoms with E-state index in [9.17, 15) is 14.0 Å². The zero-order chi connectivity index (χ0) is 20.3. The van der Waals surface area contributed by atoms with Crippen molar-refractivity contribution in [3.63, 3.8) is 0 Å². The van der Waals surface area contributed by atoms with Gasteiger partial charge >= 0.3 is 0 Å². The van der Waals surface area contributed by atoms with E-state index < -0.39 is 5.41 Å². The van der Waals surface area contributed by atoms with Crippen LogP contribution >= 0.6 is 0 Å². The smallest absolute Gasteiger partial charge is 0.238 e. The summed E-state index contributed by atoms with van der Waals surface area (Å²) >= 11 is 0. The first-order valence-electron chi connectivity index (χ1n) is 10.2. The second kappa shape index (κ2) is 8.33. The molecule has 1 saturated carbocycles. The minimum absolute atomic E-state index is 0.0807. The monoisotopic (exact) mass is 395 g/mol. The van der Waals surface area contributed by atoms with Gasteiger partial charge in [0.2, 0.25) is 11.8 Å². The number of halogens is 1. The van der Waals surface area contributed by atoms with Gasteiger partial charge in [-0.2, -0.15) is 0 Å². The van der Waals surface area contributed by atoms with Gasteiger partial charge in [-0.1, -0.05) is 48.5 Å². The standard InChI is InChI=1S/C23H26FN3O2/c24-20-9-5-4-8-19(20)16-25-21(28)23(10-11-23)22(29)27-14-12-26(13-15-27)17-18-6-2-1-3-7-18/h1-9H,10-17H2,(H,25,28). The topological polar surface area (TPSA) is 52.7 Å².